The molecule has 3 N–H and O–H groups in total. The number of anilines is 1. The Morgan fingerprint density at radius 1 is 1.27 bits per heavy atom. The molecule has 2 aromatic rings. The molecule has 0 aliphatic rings. The van der Waals surface area contributed by atoms with Crippen LogP contribution in [0, 0.1) is 13.8 Å². The highest BCUT2D eigenvalue weighted by atomic mass is 16.2. The summed E-state index contributed by atoms with van der Waals surface area (Å²) in [6, 6.07) is 8.25. The van der Waals surface area contributed by atoms with Gasteiger partial charge in [0.2, 0.25) is 0 Å². The van der Waals surface area contributed by atoms with E-state index in [1.807, 2.05) is 21.0 Å². The van der Waals surface area contributed by atoms with Crippen LogP contribution >= 0.6 is 0 Å². The summed E-state index contributed by atoms with van der Waals surface area (Å²) in [5.41, 5.74) is 3.92. The molecule has 1 heterocycles. The quantitative estimate of drug-likeness (QED) is 0.794. The number of urea groups is 1. The van der Waals surface area contributed by atoms with Crippen LogP contribution < -0.4 is 10.6 Å². The summed E-state index contributed by atoms with van der Waals surface area (Å²) in [7, 11) is 4.01. The van der Waals surface area contributed by atoms with E-state index < -0.39 is 0 Å². The molecule has 2 amide bonds. The van der Waals surface area contributed by atoms with Crippen molar-refractivity contribution in [1.29, 1.82) is 0 Å². The van der Waals surface area contributed by atoms with Crippen LogP contribution in [0.3, 0.4) is 0 Å². The van der Waals surface area contributed by atoms with E-state index in [2.05, 4.69) is 56.9 Å². The number of nitrogens with zero attached hydrogens (tertiary/aromatic N) is 2. The summed E-state index contributed by atoms with van der Waals surface area (Å²) >= 11 is 0. The standard InChI is InChI=1S/C16H23N5O/c1-11-5-7-13(8-6-11)15(21(3)4)10-17-16(22)19-14-9-18-20-12(14)2/h5-9,15H,10H2,1-4H3,(H,18,20)(H2,17,19,22)/t15-/m0/s1. The van der Waals surface area contributed by atoms with Gasteiger partial charge in [0.1, 0.15) is 0 Å². The van der Waals surface area contributed by atoms with Crippen molar-refractivity contribution in [2.75, 3.05) is 26.0 Å². The smallest absolute Gasteiger partial charge is 0.319 e. The van der Waals surface area contributed by atoms with Crippen molar-refractivity contribution in [2.45, 2.75) is 19.9 Å². The first-order valence-corrected chi connectivity index (χ1v) is 7.25. The Morgan fingerprint density at radius 3 is 2.50 bits per heavy atom. The van der Waals surface area contributed by atoms with Gasteiger partial charge >= 0.3 is 6.03 Å². The zero-order chi connectivity index (χ0) is 16.1. The SMILES string of the molecule is Cc1ccc([C@H](CNC(=O)Nc2cn[nH]c2C)N(C)C)cc1. The lowest BCUT2D eigenvalue weighted by Gasteiger charge is -2.25. The fourth-order valence-corrected chi connectivity index (χ4v) is 2.22. The van der Waals surface area contributed by atoms with E-state index in [0.717, 1.165) is 5.69 Å². The number of aromatic amines is 1. The molecule has 118 valence electrons. The molecule has 1 aromatic heterocycles. The second-order valence-corrected chi connectivity index (χ2v) is 5.63. The van der Waals surface area contributed by atoms with Crippen molar-refractivity contribution in [2.24, 2.45) is 0 Å². The van der Waals surface area contributed by atoms with Crippen LogP contribution in [0.4, 0.5) is 10.5 Å². The van der Waals surface area contributed by atoms with E-state index in [1.165, 1.54) is 11.1 Å². The maximum Gasteiger partial charge on any atom is 0.319 e. The molecular formula is C16H23N5O. The lowest BCUT2D eigenvalue weighted by atomic mass is 10.0. The molecular weight excluding hydrogens is 278 g/mol. The molecule has 0 fully saturated rings. The van der Waals surface area contributed by atoms with E-state index >= 15 is 0 Å². The largest absolute Gasteiger partial charge is 0.336 e. The highest BCUT2D eigenvalue weighted by Gasteiger charge is 2.15. The van der Waals surface area contributed by atoms with Crippen LogP contribution in [0.2, 0.25) is 0 Å². The fraction of sp³-hybridized carbons (Fsp3) is 0.375. The molecule has 6 heteroatoms. The number of hydrogen-bond acceptors (Lipinski definition) is 3. The lowest BCUT2D eigenvalue weighted by molar-refractivity contribution is 0.243. The van der Waals surface area contributed by atoms with Gasteiger partial charge in [0.05, 0.1) is 23.6 Å². The van der Waals surface area contributed by atoms with Crippen LogP contribution in [0.15, 0.2) is 30.5 Å². The third kappa shape index (κ3) is 4.08. The van der Waals surface area contributed by atoms with Gasteiger partial charge in [0.15, 0.2) is 0 Å². The van der Waals surface area contributed by atoms with Crippen LogP contribution in [0.1, 0.15) is 22.9 Å². The van der Waals surface area contributed by atoms with Crippen molar-refractivity contribution < 1.29 is 4.79 Å². The Morgan fingerprint density at radius 2 is 1.95 bits per heavy atom. The van der Waals surface area contributed by atoms with Gasteiger partial charge in [0.25, 0.3) is 0 Å². The Hall–Kier alpha value is -2.34. The van der Waals surface area contributed by atoms with E-state index in [1.54, 1.807) is 6.20 Å². The van der Waals surface area contributed by atoms with E-state index in [0.29, 0.717) is 12.2 Å². The number of carbonyl (C=O) groups excluding carboxylic acids is 1. The summed E-state index contributed by atoms with van der Waals surface area (Å²) in [5, 5.41) is 12.4. The maximum absolute atomic E-state index is 12.0. The predicted octanol–water partition coefficient (Wildman–Crippen LogP) is 2.45. The van der Waals surface area contributed by atoms with Crippen molar-refractivity contribution >= 4 is 11.7 Å². The fourth-order valence-electron chi connectivity index (χ4n) is 2.22. The van der Waals surface area contributed by atoms with Crippen LogP contribution in [-0.4, -0.2) is 41.8 Å². The highest BCUT2D eigenvalue weighted by molar-refractivity contribution is 5.89. The van der Waals surface area contributed by atoms with E-state index in [-0.39, 0.29) is 12.1 Å². The maximum atomic E-state index is 12.0. The number of nitrogens with one attached hydrogen (secondary N) is 3. The Kier molecular flexibility index (Phi) is 5.16. The van der Waals surface area contributed by atoms with Crippen molar-refractivity contribution in [3.63, 3.8) is 0 Å². The third-order valence-electron chi connectivity index (χ3n) is 3.62. The summed E-state index contributed by atoms with van der Waals surface area (Å²) in [6.45, 7) is 4.45. The summed E-state index contributed by atoms with van der Waals surface area (Å²) in [4.78, 5) is 14.1. The van der Waals surface area contributed by atoms with E-state index in [9.17, 15) is 4.79 Å². The number of H-pyrrole nitrogens is 1. The second kappa shape index (κ2) is 7.09. The Labute approximate surface area is 130 Å². The minimum absolute atomic E-state index is 0.122. The number of carbonyl (C=O) groups is 1. The average Bonchev–Trinajstić information content (AvgIpc) is 2.86. The highest BCUT2D eigenvalue weighted by Crippen LogP contribution is 2.18. The van der Waals surface area contributed by atoms with Gasteiger partial charge in [-0.1, -0.05) is 29.8 Å². The number of aryl methyl sites for hydroxylation is 2. The number of likely N-dealkylation sites (N-methyl/N-ethyl adjacent to an activating group) is 1. The molecule has 0 saturated carbocycles. The lowest BCUT2D eigenvalue weighted by Crippen LogP contribution is -2.36. The average molecular weight is 301 g/mol. The first-order valence-electron chi connectivity index (χ1n) is 7.25. The summed E-state index contributed by atoms with van der Waals surface area (Å²) < 4.78 is 0. The Balaban J connectivity index is 1.96. The van der Waals surface area contributed by atoms with Gasteiger partial charge in [-0.15, -0.1) is 0 Å². The minimum atomic E-state index is -0.233. The topological polar surface area (TPSA) is 73.0 Å². The predicted molar refractivity (Wildman–Crippen MR) is 88.0 cm³/mol. The molecule has 0 aliphatic heterocycles. The summed E-state index contributed by atoms with van der Waals surface area (Å²) in [6.07, 6.45) is 1.60. The van der Waals surface area contributed by atoms with Gasteiger partial charge < -0.3 is 15.5 Å². The van der Waals surface area contributed by atoms with Crippen LogP contribution in [0.25, 0.3) is 0 Å². The van der Waals surface area contributed by atoms with Crippen LogP contribution in [0.5, 0.6) is 0 Å². The van der Waals surface area contributed by atoms with Crippen molar-refractivity contribution in [3.05, 3.63) is 47.3 Å². The molecule has 0 spiro atoms. The van der Waals surface area contributed by atoms with Gasteiger partial charge in [-0.2, -0.15) is 5.10 Å². The molecule has 2 rings (SSSR count). The molecule has 0 unspecified atom stereocenters. The zero-order valence-corrected chi connectivity index (χ0v) is 13.5. The van der Waals surface area contributed by atoms with Gasteiger partial charge in [0, 0.05) is 6.54 Å². The number of rotatable bonds is 5. The molecule has 0 radical (unpaired) electrons. The monoisotopic (exact) mass is 301 g/mol. The van der Waals surface area contributed by atoms with E-state index in [4.69, 9.17) is 0 Å². The zero-order valence-electron chi connectivity index (χ0n) is 13.5. The van der Waals surface area contributed by atoms with Crippen molar-refractivity contribution in [1.82, 2.24) is 20.4 Å². The molecule has 1 aromatic carbocycles. The minimum Gasteiger partial charge on any atom is -0.336 e. The molecule has 0 bridgehead atoms. The normalized spacial score (nSPS) is 12.2. The molecule has 22 heavy (non-hydrogen) atoms. The van der Waals surface area contributed by atoms with Gasteiger partial charge in [-0.25, -0.2) is 4.79 Å². The second-order valence-electron chi connectivity index (χ2n) is 5.63. The molecule has 0 aliphatic carbocycles. The number of hydrogen-bond donors (Lipinski definition) is 3. The first kappa shape index (κ1) is 16.0. The molecule has 1 atom stereocenters. The summed E-state index contributed by atoms with van der Waals surface area (Å²) in [5.74, 6) is 0. The first-order chi connectivity index (χ1) is 10.5. The number of aromatic nitrogens is 2. The van der Waals surface area contributed by atoms with Crippen LogP contribution in [-0.2, 0) is 0 Å². The third-order valence-corrected chi connectivity index (χ3v) is 3.62. The molecule has 6 nitrogen and oxygen atoms in total. The number of amides is 2. The van der Waals surface area contributed by atoms with Gasteiger partial charge in [-0.05, 0) is 33.5 Å². The van der Waals surface area contributed by atoms with Gasteiger partial charge in [-0.3, -0.25) is 5.10 Å². The number of benzene rings is 1. The van der Waals surface area contributed by atoms with Crippen molar-refractivity contribution in [3.8, 4) is 0 Å². The Bertz CT molecular complexity index is 618. The molecule has 0 saturated heterocycles.